The van der Waals surface area contributed by atoms with E-state index in [0.717, 1.165) is 10.9 Å². The van der Waals surface area contributed by atoms with E-state index in [1.165, 1.54) is 0 Å². The summed E-state index contributed by atoms with van der Waals surface area (Å²) in [5.41, 5.74) is 1.94. The van der Waals surface area contributed by atoms with Crippen LogP contribution in [0.4, 0.5) is 0 Å². The minimum Gasteiger partial charge on any atom is -0.347 e. The number of nitrogens with zero attached hydrogens (tertiary/aromatic N) is 2. The quantitative estimate of drug-likeness (QED) is 0.807. The highest BCUT2D eigenvalue weighted by Crippen LogP contribution is 2.22. The Balaban J connectivity index is 1.81. The topological polar surface area (TPSA) is 54.9 Å². The van der Waals surface area contributed by atoms with Gasteiger partial charge in [-0.25, -0.2) is 4.98 Å². The van der Waals surface area contributed by atoms with E-state index in [-0.39, 0.29) is 5.91 Å². The third kappa shape index (κ3) is 3.01. The van der Waals surface area contributed by atoms with Crippen molar-refractivity contribution in [1.82, 2.24) is 15.3 Å². The zero-order valence-electron chi connectivity index (χ0n) is 11.1. The Morgan fingerprint density at radius 2 is 2.05 bits per heavy atom. The number of benzene rings is 1. The summed E-state index contributed by atoms with van der Waals surface area (Å²) in [4.78, 5) is 20.5. The predicted molar refractivity (Wildman–Crippen MR) is 82.2 cm³/mol. The number of hydrogen-bond acceptors (Lipinski definition) is 3. The molecule has 104 valence electrons. The fourth-order valence-electron chi connectivity index (χ4n) is 2.02. The van der Waals surface area contributed by atoms with Crippen molar-refractivity contribution in [3.05, 3.63) is 71.1 Å². The number of carbonyl (C=O) groups excluding carboxylic acids is 1. The molecular formula is C16H12ClN3O. The number of hydrogen-bond donors (Lipinski definition) is 1. The van der Waals surface area contributed by atoms with Gasteiger partial charge < -0.3 is 5.32 Å². The number of pyridine rings is 2. The molecule has 4 nitrogen and oxygen atoms in total. The summed E-state index contributed by atoms with van der Waals surface area (Å²) < 4.78 is 0. The van der Waals surface area contributed by atoms with Gasteiger partial charge in [-0.1, -0.05) is 35.9 Å². The molecule has 0 bridgehead atoms. The maximum Gasteiger partial charge on any atom is 0.270 e. The second kappa shape index (κ2) is 5.89. The van der Waals surface area contributed by atoms with Gasteiger partial charge in [0, 0.05) is 24.3 Å². The molecule has 0 aliphatic heterocycles. The molecule has 0 saturated carbocycles. The van der Waals surface area contributed by atoms with E-state index < -0.39 is 0 Å². The lowest BCUT2D eigenvalue weighted by atomic mass is 10.2. The molecule has 0 radical (unpaired) electrons. The molecule has 1 amide bonds. The van der Waals surface area contributed by atoms with Gasteiger partial charge in [-0.2, -0.15) is 0 Å². The van der Waals surface area contributed by atoms with Gasteiger partial charge in [0.1, 0.15) is 5.69 Å². The summed E-state index contributed by atoms with van der Waals surface area (Å²) in [6, 6.07) is 12.8. The molecule has 5 heteroatoms. The highest BCUT2D eigenvalue weighted by atomic mass is 35.5. The molecule has 0 aliphatic rings. The summed E-state index contributed by atoms with van der Waals surface area (Å²) >= 11 is 6.19. The van der Waals surface area contributed by atoms with Crippen LogP contribution in [0.2, 0.25) is 5.02 Å². The minimum absolute atomic E-state index is 0.258. The van der Waals surface area contributed by atoms with Crippen LogP contribution >= 0.6 is 11.6 Å². The number of rotatable bonds is 3. The van der Waals surface area contributed by atoms with E-state index in [4.69, 9.17) is 11.6 Å². The first-order valence-corrected chi connectivity index (χ1v) is 6.84. The van der Waals surface area contributed by atoms with E-state index in [1.807, 2.05) is 36.4 Å². The summed E-state index contributed by atoms with van der Waals surface area (Å²) in [6.45, 7) is 0.402. The van der Waals surface area contributed by atoms with Crippen molar-refractivity contribution in [2.24, 2.45) is 0 Å². The Bertz CT molecular complexity index is 790. The summed E-state index contributed by atoms with van der Waals surface area (Å²) in [5.74, 6) is -0.258. The molecule has 1 aromatic carbocycles. The fourth-order valence-corrected chi connectivity index (χ4v) is 2.29. The third-order valence-electron chi connectivity index (χ3n) is 3.07. The van der Waals surface area contributed by atoms with Crippen LogP contribution in [0.5, 0.6) is 0 Å². The molecule has 3 rings (SSSR count). The number of carbonyl (C=O) groups is 1. The first-order valence-electron chi connectivity index (χ1n) is 6.46. The molecule has 2 aromatic heterocycles. The van der Waals surface area contributed by atoms with Crippen molar-refractivity contribution in [1.29, 1.82) is 0 Å². The van der Waals surface area contributed by atoms with E-state index >= 15 is 0 Å². The normalized spacial score (nSPS) is 10.5. The third-order valence-corrected chi connectivity index (χ3v) is 3.39. The number of amides is 1. The van der Waals surface area contributed by atoms with Crippen LogP contribution in [0.15, 0.2) is 54.9 Å². The smallest absolute Gasteiger partial charge is 0.270 e. The van der Waals surface area contributed by atoms with Crippen molar-refractivity contribution in [2.45, 2.75) is 6.54 Å². The number of fused-ring (bicyclic) bond motifs is 1. The second-order valence-corrected chi connectivity index (χ2v) is 4.96. The SMILES string of the molecule is O=C(NCc1cccnc1)c1cc(Cl)c2ccccc2n1. The number of halogens is 1. The monoisotopic (exact) mass is 297 g/mol. The predicted octanol–water partition coefficient (Wildman–Crippen LogP) is 3.21. The van der Waals surface area contributed by atoms with Gasteiger partial charge in [0.05, 0.1) is 10.5 Å². The van der Waals surface area contributed by atoms with Crippen LogP contribution in [0, 0.1) is 0 Å². The first kappa shape index (κ1) is 13.5. The largest absolute Gasteiger partial charge is 0.347 e. The zero-order chi connectivity index (χ0) is 14.7. The summed E-state index contributed by atoms with van der Waals surface area (Å²) in [5, 5.41) is 4.16. The van der Waals surface area contributed by atoms with Gasteiger partial charge in [0.25, 0.3) is 5.91 Å². The van der Waals surface area contributed by atoms with Gasteiger partial charge in [0.15, 0.2) is 0 Å². The van der Waals surface area contributed by atoms with E-state index in [2.05, 4.69) is 15.3 Å². The van der Waals surface area contributed by atoms with Gasteiger partial charge in [-0.15, -0.1) is 0 Å². The van der Waals surface area contributed by atoms with Crippen molar-refractivity contribution in [2.75, 3.05) is 0 Å². The number of nitrogens with one attached hydrogen (secondary N) is 1. The van der Waals surface area contributed by atoms with Crippen LogP contribution in [0.1, 0.15) is 16.1 Å². The average molecular weight is 298 g/mol. The fraction of sp³-hybridized carbons (Fsp3) is 0.0625. The van der Waals surface area contributed by atoms with Crippen molar-refractivity contribution >= 4 is 28.4 Å². The Morgan fingerprint density at radius 1 is 1.19 bits per heavy atom. The molecule has 0 atom stereocenters. The Kier molecular flexibility index (Phi) is 3.79. The van der Waals surface area contributed by atoms with E-state index in [9.17, 15) is 4.79 Å². The molecule has 3 aromatic rings. The van der Waals surface area contributed by atoms with Crippen molar-refractivity contribution in [3.8, 4) is 0 Å². The Hall–Kier alpha value is -2.46. The highest BCUT2D eigenvalue weighted by Gasteiger charge is 2.10. The number of aromatic nitrogens is 2. The molecule has 0 fully saturated rings. The molecule has 21 heavy (non-hydrogen) atoms. The number of para-hydroxylation sites is 1. The Morgan fingerprint density at radius 3 is 2.86 bits per heavy atom. The van der Waals surface area contributed by atoms with E-state index in [0.29, 0.717) is 22.8 Å². The lowest BCUT2D eigenvalue weighted by Gasteiger charge is -2.07. The summed E-state index contributed by atoms with van der Waals surface area (Å²) in [6.07, 6.45) is 3.40. The highest BCUT2D eigenvalue weighted by molar-refractivity contribution is 6.35. The average Bonchev–Trinajstić information content (AvgIpc) is 2.53. The van der Waals surface area contributed by atoms with Gasteiger partial charge in [-0.3, -0.25) is 9.78 Å². The maximum atomic E-state index is 12.2. The van der Waals surface area contributed by atoms with Crippen LogP contribution < -0.4 is 5.32 Å². The van der Waals surface area contributed by atoms with Crippen LogP contribution in [-0.2, 0) is 6.54 Å². The van der Waals surface area contributed by atoms with Crippen molar-refractivity contribution < 1.29 is 4.79 Å². The van der Waals surface area contributed by atoms with Gasteiger partial charge >= 0.3 is 0 Å². The van der Waals surface area contributed by atoms with Gasteiger partial charge in [-0.05, 0) is 23.8 Å². The molecule has 0 aliphatic carbocycles. The molecule has 0 saturated heterocycles. The Labute approximate surface area is 126 Å². The van der Waals surface area contributed by atoms with Crippen LogP contribution in [-0.4, -0.2) is 15.9 Å². The standard InChI is InChI=1S/C16H12ClN3O/c17-13-8-15(20-14-6-2-1-5-12(13)14)16(21)19-10-11-4-3-7-18-9-11/h1-9H,10H2,(H,19,21). The van der Waals surface area contributed by atoms with Crippen LogP contribution in [0.3, 0.4) is 0 Å². The van der Waals surface area contributed by atoms with E-state index in [1.54, 1.807) is 18.5 Å². The summed E-state index contributed by atoms with van der Waals surface area (Å²) in [7, 11) is 0. The minimum atomic E-state index is -0.258. The molecular weight excluding hydrogens is 286 g/mol. The lowest BCUT2D eigenvalue weighted by Crippen LogP contribution is -2.23. The molecule has 1 N–H and O–H groups in total. The zero-order valence-corrected chi connectivity index (χ0v) is 11.8. The van der Waals surface area contributed by atoms with Crippen molar-refractivity contribution in [3.63, 3.8) is 0 Å². The molecule has 0 unspecified atom stereocenters. The lowest BCUT2D eigenvalue weighted by molar-refractivity contribution is 0.0946. The first-order chi connectivity index (χ1) is 10.2. The molecule has 0 spiro atoms. The molecule has 2 heterocycles. The maximum absolute atomic E-state index is 12.2. The van der Waals surface area contributed by atoms with Gasteiger partial charge in [0.2, 0.25) is 0 Å². The second-order valence-electron chi connectivity index (χ2n) is 4.55. The van der Waals surface area contributed by atoms with Crippen LogP contribution in [0.25, 0.3) is 10.9 Å².